The van der Waals surface area contributed by atoms with E-state index in [1.807, 2.05) is 0 Å². The Morgan fingerprint density at radius 2 is 1.90 bits per heavy atom. The average Bonchev–Trinajstić information content (AvgIpc) is 3.07. The molecule has 2 aromatic carbocycles. The van der Waals surface area contributed by atoms with Gasteiger partial charge in [-0.05, 0) is 55.8 Å². The van der Waals surface area contributed by atoms with E-state index in [9.17, 15) is 13.2 Å². The minimum Gasteiger partial charge on any atom is -0.490 e. The number of rotatable bonds is 4. The second kappa shape index (κ2) is 8.19. The molecule has 2 aliphatic rings. The van der Waals surface area contributed by atoms with E-state index in [2.05, 4.69) is 21.2 Å². The Bertz CT molecular complexity index is 1010. The Balaban J connectivity index is 1.75. The Labute approximate surface area is 182 Å². The van der Waals surface area contributed by atoms with Gasteiger partial charge in [-0.3, -0.25) is 11.2 Å². The fourth-order valence-corrected chi connectivity index (χ4v) is 4.04. The van der Waals surface area contributed by atoms with Crippen LogP contribution >= 0.6 is 11.6 Å². The molecule has 4 rings (SSSR count). The van der Waals surface area contributed by atoms with E-state index in [0.717, 1.165) is 32.0 Å². The third-order valence-electron chi connectivity index (χ3n) is 5.23. The Morgan fingerprint density at radius 3 is 2.55 bits per heavy atom. The summed E-state index contributed by atoms with van der Waals surface area (Å²) >= 11 is 6.36. The van der Waals surface area contributed by atoms with Gasteiger partial charge in [-0.2, -0.15) is 18.6 Å². The van der Waals surface area contributed by atoms with Crippen molar-refractivity contribution in [2.45, 2.75) is 30.9 Å². The number of alkyl halides is 3. The number of nitrogens with zero attached hydrogens (tertiary/aromatic N) is 1. The van der Waals surface area contributed by atoms with Crippen molar-refractivity contribution in [2.24, 2.45) is 16.5 Å². The fraction of sp³-hybridized carbons (Fsp3) is 0.350. The van der Waals surface area contributed by atoms with Crippen molar-refractivity contribution >= 4 is 17.6 Å². The van der Waals surface area contributed by atoms with Gasteiger partial charge in [0.15, 0.2) is 0 Å². The zero-order chi connectivity index (χ0) is 22.2. The normalized spacial score (nSPS) is 22.2. The molecule has 11 heteroatoms. The van der Waals surface area contributed by atoms with Gasteiger partial charge >= 0.3 is 6.18 Å². The first kappa shape index (κ1) is 21.7. The number of halogens is 4. The lowest BCUT2D eigenvalue weighted by Gasteiger charge is -2.25. The highest BCUT2D eigenvalue weighted by Gasteiger charge is 2.39. The smallest absolute Gasteiger partial charge is 0.417 e. The zero-order valence-electron chi connectivity index (χ0n) is 16.4. The zero-order valence-corrected chi connectivity index (χ0v) is 17.1. The molecule has 0 aliphatic carbocycles. The van der Waals surface area contributed by atoms with E-state index >= 15 is 0 Å². The first-order chi connectivity index (χ1) is 14.7. The molecule has 0 aromatic heterocycles. The number of nitrogens with two attached hydrogens (primary N) is 2. The molecule has 1 unspecified atom stereocenters. The molecule has 0 bridgehead atoms. The largest absolute Gasteiger partial charge is 0.490 e. The summed E-state index contributed by atoms with van der Waals surface area (Å²) in [6.07, 6.45) is -3.01. The predicted molar refractivity (Wildman–Crippen MR) is 112 cm³/mol. The van der Waals surface area contributed by atoms with Gasteiger partial charge in [0.05, 0.1) is 5.56 Å². The molecule has 7 N–H and O–H groups in total. The van der Waals surface area contributed by atoms with Gasteiger partial charge in [0.25, 0.3) is 0 Å². The van der Waals surface area contributed by atoms with Gasteiger partial charge in [-0.25, -0.2) is 4.99 Å². The molecule has 1 fully saturated rings. The van der Waals surface area contributed by atoms with Crippen LogP contribution in [0.5, 0.6) is 5.75 Å². The monoisotopic (exact) mass is 454 g/mol. The maximum Gasteiger partial charge on any atom is 0.417 e. The number of nitrogens with one attached hydrogen (secondary N) is 3. The first-order valence-electron chi connectivity index (χ1n) is 9.72. The second-order valence-corrected chi connectivity index (χ2v) is 7.89. The SMILES string of the molecule is NC1=NC(N)(c2cc(Cl)c(-c3cccc(OC4CCNCC4)c3)c(C(F)(F)F)c2)NN1. The van der Waals surface area contributed by atoms with Crippen molar-refractivity contribution in [1.82, 2.24) is 16.2 Å². The average molecular weight is 455 g/mol. The quantitative estimate of drug-likeness (QED) is 0.486. The van der Waals surface area contributed by atoms with Crippen LogP contribution in [0.25, 0.3) is 11.1 Å². The molecule has 1 saturated heterocycles. The summed E-state index contributed by atoms with van der Waals surface area (Å²) in [6, 6.07) is 8.79. The maximum atomic E-state index is 14.0. The topological polar surface area (TPSA) is 110 Å². The van der Waals surface area contributed by atoms with Crippen molar-refractivity contribution in [1.29, 1.82) is 0 Å². The standard InChI is InChI=1S/C20H22ClF3N6O/c21-16-10-12(20(26)28-18(25)29-30-20)9-15(19(22,23)24)17(16)11-2-1-3-14(8-11)31-13-4-6-27-7-5-13/h1-3,8-10,13,27,30H,4-7,26H2,(H3,25,28,29). The van der Waals surface area contributed by atoms with E-state index in [4.69, 9.17) is 27.8 Å². The molecule has 7 nitrogen and oxygen atoms in total. The van der Waals surface area contributed by atoms with Crippen LogP contribution in [0.15, 0.2) is 41.4 Å². The van der Waals surface area contributed by atoms with Gasteiger partial charge in [0, 0.05) is 16.1 Å². The number of piperidine rings is 1. The summed E-state index contributed by atoms with van der Waals surface area (Å²) in [4.78, 5) is 3.94. The van der Waals surface area contributed by atoms with Crippen molar-refractivity contribution in [3.63, 3.8) is 0 Å². The van der Waals surface area contributed by atoms with E-state index in [0.29, 0.717) is 11.3 Å². The molecule has 2 aliphatic heterocycles. The third kappa shape index (κ3) is 4.57. The van der Waals surface area contributed by atoms with Crippen LogP contribution < -0.4 is 32.4 Å². The van der Waals surface area contributed by atoms with Crippen LogP contribution in [0.2, 0.25) is 5.02 Å². The van der Waals surface area contributed by atoms with E-state index in [-0.39, 0.29) is 28.2 Å². The molecule has 2 aromatic rings. The van der Waals surface area contributed by atoms with E-state index < -0.39 is 17.5 Å². The minimum atomic E-state index is -4.68. The van der Waals surface area contributed by atoms with Crippen LogP contribution in [0.4, 0.5) is 13.2 Å². The highest BCUT2D eigenvalue weighted by atomic mass is 35.5. The van der Waals surface area contributed by atoms with Crippen molar-refractivity contribution < 1.29 is 17.9 Å². The Kier molecular flexibility index (Phi) is 5.73. The molecule has 2 heterocycles. The number of guanidine groups is 1. The third-order valence-corrected chi connectivity index (χ3v) is 5.52. The van der Waals surface area contributed by atoms with Gasteiger partial charge in [-0.1, -0.05) is 23.7 Å². The van der Waals surface area contributed by atoms with Gasteiger partial charge in [-0.15, -0.1) is 0 Å². The van der Waals surface area contributed by atoms with Crippen LogP contribution in [0, 0.1) is 0 Å². The van der Waals surface area contributed by atoms with Gasteiger partial charge < -0.3 is 15.8 Å². The van der Waals surface area contributed by atoms with Crippen LogP contribution in [-0.2, 0) is 12.0 Å². The fourth-order valence-electron chi connectivity index (χ4n) is 3.72. The lowest BCUT2D eigenvalue weighted by Crippen LogP contribution is -2.50. The van der Waals surface area contributed by atoms with Crippen molar-refractivity contribution in [2.75, 3.05) is 13.1 Å². The molecule has 31 heavy (non-hydrogen) atoms. The number of aliphatic imine (C=N–C) groups is 1. The maximum absolute atomic E-state index is 14.0. The predicted octanol–water partition coefficient (Wildman–Crippen LogP) is 2.65. The highest BCUT2D eigenvalue weighted by molar-refractivity contribution is 6.33. The van der Waals surface area contributed by atoms with Gasteiger partial charge in [0.1, 0.15) is 11.9 Å². The molecule has 166 valence electrons. The number of hydrazine groups is 1. The van der Waals surface area contributed by atoms with E-state index in [1.54, 1.807) is 24.3 Å². The Morgan fingerprint density at radius 1 is 1.16 bits per heavy atom. The summed E-state index contributed by atoms with van der Waals surface area (Å²) in [5.74, 6) is -1.22. The second-order valence-electron chi connectivity index (χ2n) is 7.49. The summed E-state index contributed by atoms with van der Waals surface area (Å²) in [5.41, 5.74) is 15.9. The molecule has 0 spiro atoms. The molecule has 0 amide bonds. The van der Waals surface area contributed by atoms with Gasteiger partial charge in [0.2, 0.25) is 11.7 Å². The lowest BCUT2D eigenvalue weighted by molar-refractivity contribution is -0.137. The van der Waals surface area contributed by atoms with Crippen LogP contribution in [-0.4, -0.2) is 25.2 Å². The van der Waals surface area contributed by atoms with Crippen LogP contribution in [0.3, 0.4) is 0 Å². The van der Waals surface area contributed by atoms with Crippen molar-refractivity contribution in [3.05, 3.63) is 52.5 Å². The number of ether oxygens (including phenoxy) is 1. The number of benzene rings is 2. The molecule has 0 saturated carbocycles. The summed E-state index contributed by atoms with van der Waals surface area (Å²) in [7, 11) is 0. The summed E-state index contributed by atoms with van der Waals surface area (Å²) < 4.78 is 48.0. The number of hydrogen-bond acceptors (Lipinski definition) is 7. The molecule has 0 radical (unpaired) electrons. The molecular formula is C20H22ClF3N6O. The lowest BCUT2D eigenvalue weighted by atomic mass is 9.94. The van der Waals surface area contributed by atoms with E-state index in [1.165, 1.54) is 6.07 Å². The van der Waals surface area contributed by atoms with Crippen LogP contribution in [0.1, 0.15) is 24.0 Å². The number of hydrogen-bond donors (Lipinski definition) is 5. The molecule has 1 atom stereocenters. The molecular weight excluding hydrogens is 433 g/mol. The summed E-state index contributed by atoms with van der Waals surface area (Å²) in [6.45, 7) is 1.68. The highest BCUT2D eigenvalue weighted by Crippen LogP contribution is 2.43. The first-order valence-corrected chi connectivity index (χ1v) is 10.1. The van der Waals surface area contributed by atoms with Crippen molar-refractivity contribution in [3.8, 4) is 16.9 Å². The Hall–Kier alpha value is -2.53. The minimum absolute atomic E-state index is 0.0118. The summed E-state index contributed by atoms with van der Waals surface area (Å²) in [5, 5.41) is 3.13.